The smallest absolute Gasteiger partial charge is 0.120 e. The van der Waals surface area contributed by atoms with Gasteiger partial charge in [-0.2, -0.15) is 0 Å². The second-order valence-electron chi connectivity index (χ2n) is 7.87. The summed E-state index contributed by atoms with van der Waals surface area (Å²) < 4.78 is 11.8. The lowest BCUT2D eigenvalue weighted by Gasteiger charge is -2.37. The van der Waals surface area contributed by atoms with E-state index in [1.165, 1.54) is 16.0 Å². The van der Waals surface area contributed by atoms with Crippen molar-refractivity contribution in [2.45, 2.75) is 44.1 Å². The SMILES string of the molecule is O=CCC[C@H]1[C@H](N2CCOCC2)[C@@H](O)C[C@H]1OCc1cc(-c2ccccc2)cs1. The summed E-state index contributed by atoms with van der Waals surface area (Å²) in [5.41, 5.74) is 2.42. The molecule has 2 aliphatic rings. The van der Waals surface area contributed by atoms with Crippen LogP contribution in [0.3, 0.4) is 0 Å². The maximum absolute atomic E-state index is 11.0. The van der Waals surface area contributed by atoms with Crippen LogP contribution in [-0.4, -0.2) is 60.8 Å². The summed E-state index contributed by atoms with van der Waals surface area (Å²) in [6.45, 7) is 3.61. The highest BCUT2D eigenvalue weighted by Crippen LogP contribution is 2.37. The van der Waals surface area contributed by atoms with E-state index in [1.54, 1.807) is 11.3 Å². The predicted octanol–water partition coefficient (Wildman–Crippen LogP) is 3.36. The van der Waals surface area contributed by atoms with E-state index in [4.69, 9.17) is 9.47 Å². The van der Waals surface area contributed by atoms with Crippen LogP contribution in [0, 0.1) is 5.92 Å². The molecular weight excluding hydrogens is 386 g/mol. The highest BCUT2D eigenvalue weighted by molar-refractivity contribution is 7.10. The van der Waals surface area contributed by atoms with E-state index in [0.29, 0.717) is 32.7 Å². The standard InChI is InChI=1S/C23H29NO4S/c25-10-4-7-20-22(14-21(26)23(20)24-8-11-27-12-9-24)28-15-19-13-18(16-29-19)17-5-2-1-3-6-17/h1-3,5-6,10,13,16,20-23,26H,4,7-9,11-12,14-15H2/t20-,21+,22-,23+/m1/s1. The number of hydrogen-bond acceptors (Lipinski definition) is 6. The quantitative estimate of drug-likeness (QED) is 0.670. The lowest BCUT2D eigenvalue weighted by molar-refractivity contribution is -0.108. The average Bonchev–Trinajstić information content (AvgIpc) is 3.36. The summed E-state index contributed by atoms with van der Waals surface area (Å²) in [4.78, 5) is 14.5. The van der Waals surface area contributed by atoms with Crippen molar-refractivity contribution in [1.29, 1.82) is 0 Å². The third-order valence-electron chi connectivity index (χ3n) is 6.07. The zero-order chi connectivity index (χ0) is 20.1. The van der Waals surface area contributed by atoms with Crippen molar-refractivity contribution in [2.75, 3.05) is 26.3 Å². The van der Waals surface area contributed by atoms with Crippen LogP contribution in [0.2, 0.25) is 0 Å². The molecule has 1 aromatic carbocycles. The molecule has 0 bridgehead atoms. The molecule has 1 aliphatic carbocycles. The van der Waals surface area contributed by atoms with Crippen molar-refractivity contribution in [3.05, 3.63) is 46.7 Å². The first kappa shape index (κ1) is 20.7. The van der Waals surface area contributed by atoms with Crippen LogP contribution in [0.25, 0.3) is 11.1 Å². The van der Waals surface area contributed by atoms with E-state index >= 15 is 0 Å². The van der Waals surface area contributed by atoms with E-state index < -0.39 is 6.10 Å². The van der Waals surface area contributed by atoms with Crippen LogP contribution >= 0.6 is 11.3 Å². The van der Waals surface area contributed by atoms with Crippen LogP contribution < -0.4 is 0 Å². The molecule has 0 spiro atoms. The number of aliphatic hydroxyl groups is 1. The van der Waals surface area contributed by atoms with Crippen LogP contribution in [0.1, 0.15) is 24.1 Å². The molecule has 6 heteroatoms. The van der Waals surface area contributed by atoms with Crippen molar-refractivity contribution in [3.63, 3.8) is 0 Å². The molecule has 1 saturated heterocycles. The van der Waals surface area contributed by atoms with Crippen LogP contribution in [0.5, 0.6) is 0 Å². The van der Waals surface area contributed by atoms with Gasteiger partial charge in [0.25, 0.3) is 0 Å². The van der Waals surface area contributed by atoms with Gasteiger partial charge in [0, 0.05) is 42.8 Å². The number of carbonyl (C=O) groups is 1. The van der Waals surface area contributed by atoms with Gasteiger partial charge in [0.2, 0.25) is 0 Å². The van der Waals surface area contributed by atoms with E-state index in [2.05, 4.69) is 28.5 Å². The Kier molecular flexibility index (Phi) is 7.11. The van der Waals surface area contributed by atoms with Crippen molar-refractivity contribution < 1.29 is 19.4 Å². The molecule has 0 unspecified atom stereocenters. The number of ether oxygens (including phenoxy) is 2. The van der Waals surface area contributed by atoms with Gasteiger partial charge in [0.15, 0.2) is 0 Å². The largest absolute Gasteiger partial charge is 0.391 e. The lowest BCUT2D eigenvalue weighted by Crippen LogP contribution is -2.50. The molecule has 2 fully saturated rings. The van der Waals surface area contributed by atoms with Gasteiger partial charge in [-0.3, -0.25) is 4.90 Å². The van der Waals surface area contributed by atoms with E-state index in [9.17, 15) is 9.90 Å². The van der Waals surface area contributed by atoms with Crippen molar-refractivity contribution in [2.24, 2.45) is 5.92 Å². The Morgan fingerprint density at radius 1 is 1.21 bits per heavy atom. The Balaban J connectivity index is 1.41. The first-order chi connectivity index (χ1) is 14.3. The molecule has 1 N–H and O–H groups in total. The van der Waals surface area contributed by atoms with Crippen LogP contribution in [0.15, 0.2) is 41.8 Å². The molecule has 4 atom stereocenters. The monoisotopic (exact) mass is 415 g/mol. The van der Waals surface area contributed by atoms with Crippen LogP contribution in [0.4, 0.5) is 0 Å². The maximum Gasteiger partial charge on any atom is 0.120 e. The Hall–Kier alpha value is -1.57. The zero-order valence-corrected chi connectivity index (χ0v) is 17.4. The second kappa shape index (κ2) is 9.96. The zero-order valence-electron chi connectivity index (χ0n) is 16.6. The van der Waals surface area contributed by atoms with Gasteiger partial charge in [0.1, 0.15) is 6.29 Å². The average molecular weight is 416 g/mol. The highest BCUT2D eigenvalue weighted by atomic mass is 32.1. The summed E-state index contributed by atoms with van der Waals surface area (Å²) in [5, 5.41) is 12.9. The summed E-state index contributed by atoms with van der Waals surface area (Å²) >= 11 is 1.71. The van der Waals surface area contributed by atoms with Crippen molar-refractivity contribution in [1.82, 2.24) is 4.90 Å². The highest BCUT2D eigenvalue weighted by Gasteiger charge is 2.45. The van der Waals surface area contributed by atoms with E-state index in [0.717, 1.165) is 25.8 Å². The number of morpholine rings is 1. The minimum absolute atomic E-state index is 0.0277. The normalized spacial score (nSPS) is 27.9. The van der Waals surface area contributed by atoms with Crippen LogP contribution in [-0.2, 0) is 20.9 Å². The fraction of sp³-hybridized carbons (Fsp3) is 0.522. The number of benzene rings is 1. The number of aliphatic hydroxyl groups excluding tert-OH is 1. The summed E-state index contributed by atoms with van der Waals surface area (Å²) in [6.07, 6.45) is 2.42. The summed E-state index contributed by atoms with van der Waals surface area (Å²) in [6, 6.07) is 12.6. The minimum Gasteiger partial charge on any atom is -0.391 e. The molecule has 0 radical (unpaired) electrons. The fourth-order valence-corrected chi connectivity index (χ4v) is 5.50. The first-order valence-corrected chi connectivity index (χ1v) is 11.3. The minimum atomic E-state index is -0.419. The molecule has 1 aliphatic heterocycles. The summed E-state index contributed by atoms with van der Waals surface area (Å²) in [7, 11) is 0. The molecule has 1 aromatic heterocycles. The van der Waals surface area contributed by atoms with Gasteiger partial charge < -0.3 is 19.4 Å². The van der Waals surface area contributed by atoms with Gasteiger partial charge in [-0.1, -0.05) is 30.3 Å². The topological polar surface area (TPSA) is 59.0 Å². The Bertz CT molecular complexity index is 774. The Morgan fingerprint density at radius 3 is 2.76 bits per heavy atom. The molecule has 5 nitrogen and oxygen atoms in total. The molecule has 0 amide bonds. The summed E-state index contributed by atoms with van der Waals surface area (Å²) in [5.74, 6) is 0.168. The molecule has 1 saturated carbocycles. The third kappa shape index (κ3) is 4.95. The van der Waals surface area contributed by atoms with Crippen molar-refractivity contribution in [3.8, 4) is 11.1 Å². The molecule has 156 valence electrons. The van der Waals surface area contributed by atoms with Gasteiger partial charge in [-0.25, -0.2) is 0 Å². The maximum atomic E-state index is 11.0. The fourth-order valence-electron chi connectivity index (χ4n) is 4.68. The van der Waals surface area contributed by atoms with Gasteiger partial charge >= 0.3 is 0 Å². The van der Waals surface area contributed by atoms with E-state index in [-0.39, 0.29) is 18.1 Å². The molecule has 4 rings (SSSR count). The number of nitrogens with zero attached hydrogens (tertiary/aromatic N) is 1. The number of thiophene rings is 1. The van der Waals surface area contributed by atoms with Gasteiger partial charge in [-0.15, -0.1) is 11.3 Å². The van der Waals surface area contributed by atoms with Gasteiger partial charge in [-0.05, 0) is 29.0 Å². The molecule has 2 aromatic rings. The predicted molar refractivity (Wildman–Crippen MR) is 114 cm³/mol. The third-order valence-corrected chi connectivity index (χ3v) is 6.98. The number of hydrogen-bond donors (Lipinski definition) is 1. The van der Waals surface area contributed by atoms with E-state index in [1.807, 2.05) is 18.2 Å². The molecule has 29 heavy (non-hydrogen) atoms. The Labute approximate surface area is 176 Å². The molecule has 2 heterocycles. The lowest BCUT2D eigenvalue weighted by atomic mass is 9.94. The Morgan fingerprint density at radius 2 is 2.00 bits per heavy atom. The number of aldehydes is 1. The van der Waals surface area contributed by atoms with Crippen molar-refractivity contribution >= 4 is 17.6 Å². The second-order valence-corrected chi connectivity index (χ2v) is 8.86. The van der Waals surface area contributed by atoms with Gasteiger partial charge in [0.05, 0.1) is 32.0 Å². The first-order valence-electron chi connectivity index (χ1n) is 10.4. The molecular formula is C23H29NO4S. The number of rotatable bonds is 8. The number of carbonyl (C=O) groups excluding carboxylic acids is 1.